The molecule has 0 atom stereocenters. The lowest BCUT2D eigenvalue weighted by Crippen LogP contribution is -2.23. The highest BCUT2D eigenvalue weighted by atomic mass is 16.5. The van der Waals surface area contributed by atoms with Crippen LogP contribution in [0.3, 0.4) is 0 Å². The molecule has 0 radical (unpaired) electrons. The van der Waals surface area contributed by atoms with Crippen molar-refractivity contribution in [3.8, 4) is 57.4 Å². The maximum Gasteiger partial charge on any atom is 0.151 e. The number of fused-ring (bicyclic) bond motifs is 4. The zero-order valence-corrected chi connectivity index (χ0v) is 29.9. The third kappa shape index (κ3) is 5.16. The summed E-state index contributed by atoms with van der Waals surface area (Å²) >= 11 is 0. The topological polar surface area (TPSA) is 72.5 Å². The summed E-state index contributed by atoms with van der Waals surface area (Å²) in [6, 6.07) is 53.3. The predicted molar refractivity (Wildman–Crippen MR) is 215 cm³/mol. The normalized spacial score (nSPS) is 12.2. The van der Waals surface area contributed by atoms with E-state index in [1.807, 2.05) is 72.8 Å². The number of hydrogen-bond donors (Lipinski definition) is 0. The lowest BCUT2D eigenvalue weighted by Gasteiger charge is -2.41. The number of benzene rings is 7. The van der Waals surface area contributed by atoms with E-state index >= 15 is 0 Å². The van der Waals surface area contributed by atoms with Gasteiger partial charge in [-0.05, 0) is 102 Å². The number of ether oxygens (including phenoxy) is 2. The highest BCUT2D eigenvalue weighted by Crippen LogP contribution is 2.61. The largest absolute Gasteiger partial charge is 0.453 e. The second kappa shape index (κ2) is 13.4. The molecule has 7 aromatic rings. The van der Waals surface area contributed by atoms with Gasteiger partial charge in [-0.3, -0.25) is 0 Å². The van der Waals surface area contributed by atoms with Gasteiger partial charge < -0.3 is 19.3 Å². The smallest absolute Gasteiger partial charge is 0.151 e. The number of para-hydroxylation sites is 8. The van der Waals surface area contributed by atoms with E-state index in [-0.39, 0.29) is 0 Å². The maximum absolute atomic E-state index is 9.82. The summed E-state index contributed by atoms with van der Waals surface area (Å²) in [6.45, 7) is 4.42. The van der Waals surface area contributed by atoms with Crippen LogP contribution in [0.2, 0.25) is 0 Å². The van der Waals surface area contributed by atoms with E-state index in [0.717, 1.165) is 90.5 Å². The first-order valence-corrected chi connectivity index (χ1v) is 18.2. The fourth-order valence-corrected chi connectivity index (χ4v) is 7.94. The highest BCUT2D eigenvalue weighted by molar-refractivity contribution is 6.06. The third-order valence-corrected chi connectivity index (χ3v) is 10.3. The quantitative estimate of drug-likeness (QED) is 0.172. The summed E-state index contributed by atoms with van der Waals surface area (Å²) in [6.07, 6.45) is 1.36. The summed E-state index contributed by atoms with van der Waals surface area (Å²) < 4.78 is 13.1. The number of nitriles is 2. The van der Waals surface area contributed by atoms with E-state index in [1.54, 1.807) is 0 Å². The summed E-state index contributed by atoms with van der Waals surface area (Å²) in [7, 11) is 0. The summed E-state index contributed by atoms with van der Waals surface area (Å²) in [5.74, 6) is 3.06. The van der Waals surface area contributed by atoms with Crippen LogP contribution in [-0.2, 0) is 12.8 Å². The molecule has 0 aliphatic carbocycles. The van der Waals surface area contributed by atoms with Gasteiger partial charge in [-0.15, -0.1) is 0 Å². The Morgan fingerprint density at radius 1 is 0.426 bits per heavy atom. The highest BCUT2D eigenvalue weighted by Gasteiger charge is 2.37. The first-order chi connectivity index (χ1) is 26.6. The van der Waals surface area contributed by atoms with Crippen molar-refractivity contribution in [2.24, 2.45) is 0 Å². The van der Waals surface area contributed by atoms with Crippen LogP contribution in [-0.4, -0.2) is 0 Å². The van der Waals surface area contributed by atoms with Gasteiger partial charge in [0.2, 0.25) is 0 Å². The number of hydrogen-bond acceptors (Lipinski definition) is 6. The molecule has 0 saturated carbocycles. The van der Waals surface area contributed by atoms with Gasteiger partial charge in [0.15, 0.2) is 23.0 Å². The molecule has 6 nitrogen and oxygen atoms in total. The Morgan fingerprint density at radius 2 is 0.741 bits per heavy atom. The van der Waals surface area contributed by atoms with Crippen molar-refractivity contribution in [3.05, 3.63) is 168 Å². The second-order valence-corrected chi connectivity index (χ2v) is 13.2. The number of nitrogens with zero attached hydrogens (tertiary/aromatic N) is 4. The molecule has 0 bridgehead atoms. The summed E-state index contributed by atoms with van der Waals surface area (Å²) in [5, 5.41) is 19.6. The lowest BCUT2D eigenvalue weighted by molar-refractivity contribution is 0.477. The van der Waals surface area contributed by atoms with Crippen LogP contribution in [0.25, 0.3) is 22.3 Å². The van der Waals surface area contributed by atoms with Gasteiger partial charge in [-0.2, -0.15) is 10.5 Å². The molecule has 9 rings (SSSR count). The van der Waals surface area contributed by atoms with E-state index in [2.05, 4.69) is 109 Å². The molecule has 258 valence electrons. The Morgan fingerprint density at radius 3 is 1.04 bits per heavy atom. The average Bonchev–Trinajstić information content (AvgIpc) is 3.24. The molecule has 0 fully saturated rings. The predicted octanol–water partition coefficient (Wildman–Crippen LogP) is 13.0. The van der Waals surface area contributed by atoms with Crippen LogP contribution in [0.15, 0.2) is 146 Å². The minimum absolute atomic E-state index is 0.599. The lowest BCUT2D eigenvalue weighted by atomic mass is 9.82. The zero-order chi connectivity index (χ0) is 36.8. The number of anilines is 6. The van der Waals surface area contributed by atoms with Gasteiger partial charge in [0.25, 0.3) is 0 Å². The van der Waals surface area contributed by atoms with Gasteiger partial charge in [-0.25, -0.2) is 0 Å². The van der Waals surface area contributed by atoms with Crippen molar-refractivity contribution in [1.29, 1.82) is 10.5 Å². The fraction of sp³-hybridized carbons (Fsp3) is 0.0833. The van der Waals surface area contributed by atoms with E-state index in [9.17, 15) is 10.5 Å². The Labute approximate surface area is 314 Å². The van der Waals surface area contributed by atoms with E-state index < -0.39 is 0 Å². The van der Waals surface area contributed by atoms with E-state index in [0.29, 0.717) is 24.0 Å². The summed E-state index contributed by atoms with van der Waals surface area (Å²) in [4.78, 5) is 4.73. The molecule has 2 aliphatic rings. The van der Waals surface area contributed by atoms with Crippen LogP contribution in [0.4, 0.5) is 34.1 Å². The van der Waals surface area contributed by atoms with Crippen molar-refractivity contribution >= 4 is 34.1 Å². The van der Waals surface area contributed by atoms with Crippen molar-refractivity contribution in [2.75, 3.05) is 9.80 Å². The SMILES string of the molecule is CCc1c(-c2ccc(C#N)cc2)c(N2c3ccccc3Oc3ccccc32)c(CC)c(N2c3ccccc3Oc3ccccc32)c1-c1ccc(C#N)cc1. The molecule has 0 saturated heterocycles. The average molecular weight is 699 g/mol. The van der Waals surface area contributed by atoms with Gasteiger partial charge >= 0.3 is 0 Å². The first-order valence-electron chi connectivity index (χ1n) is 18.2. The molecule has 54 heavy (non-hydrogen) atoms. The van der Waals surface area contributed by atoms with Gasteiger partial charge in [0.1, 0.15) is 0 Å². The second-order valence-electron chi connectivity index (χ2n) is 13.2. The third-order valence-electron chi connectivity index (χ3n) is 10.3. The van der Waals surface area contributed by atoms with Crippen molar-refractivity contribution in [3.63, 3.8) is 0 Å². The van der Waals surface area contributed by atoms with E-state index in [4.69, 9.17) is 9.47 Å². The Balaban J connectivity index is 1.51. The van der Waals surface area contributed by atoms with Gasteiger partial charge in [0.05, 0.1) is 57.4 Å². The maximum atomic E-state index is 9.82. The number of rotatable bonds is 6. The molecule has 7 aromatic carbocycles. The Hall–Kier alpha value is -7.28. The van der Waals surface area contributed by atoms with Crippen molar-refractivity contribution in [2.45, 2.75) is 26.7 Å². The minimum atomic E-state index is 0.599. The zero-order valence-electron chi connectivity index (χ0n) is 29.9. The van der Waals surface area contributed by atoms with Crippen molar-refractivity contribution in [1.82, 2.24) is 0 Å². The van der Waals surface area contributed by atoms with Crippen molar-refractivity contribution < 1.29 is 9.47 Å². The van der Waals surface area contributed by atoms with Crippen LogP contribution in [0.5, 0.6) is 23.0 Å². The molecular formula is C48H34N4O2. The summed E-state index contributed by atoms with van der Waals surface area (Å²) in [5.41, 5.74) is 13.4. The molecule has 2 heterocycles. The molecular weight excluding hydrogens is 665 g/mol. The van der Waals surface area contributed by atoms with Crippen LogP contribution >= 0.6 is 0 Å². The van der Waals surface area contributed by atoms with Crippen LogP contribution in [0.1, 0.15) is 36.1 Å². The Kier molecular flexibility index (Phi) is 8.07. The first kappa shape index (κ1) is 32.6. The molecule has 0 N–H and O–H groups in total. The molecule has 0 unspecified atom stereocenters. The minimum Gasteiger partial charge on any atom is -0.453 e. The molecule has 0 spiro atoms. The molecule has 2 aliphatic heterocycles. The van der Waals surface area contributed by atoms with Gasteiger partial charge in [0, 0.05) is 16.7 Å². The van der Waals surface area contributed by atoms with Crippen LogP contribution < -0.4 is 19.3 Å². The fourth-order valence-electron chi connectivity index (χ4n) is 7.94. The molecule has 6 heteroatoms. The van der Waals surface area contributed by atoms with Gasteiger partial charge in [-0.1, -0.05) is 86.6 Å². The Bertz CT molecular complexity index is 2400. The van der Waals surface area contributed by atoms with E-state index in [1.165, 1.54) is 0 Å². The molecule has 0 aromatic heterocycles. The molecule has 0 amide bonds. The standard InChI is InChI=1S/C48H34N4O2/c1-3-35-45(33-25-21-31(29-49)22-26-33)47(51-37-13-5-9-17-41(37)53-42-18-10-6-14-38(42)51)36(4-2)48(46(35)34-27-23-32(30-50)24-28-34)52-39-15-7-11-19-43(39)54-44-20-12-8-16-40(44)52/h5-28H,3-4H2,1-2H3. The monoisotopic (exact) mass is 698 g/mol. The van der Waals surface area contributed by atoms with Crippen LogP contribution in [0, 0.1) is 22.7 Å².